The largest absolute Gasteiger partial charge is 0.492 e. The Morgan fingerprint density at radius 3 is 2.33 bits per heavy atom. The van der Waals surface area contributed by atoms with Gasteiger partial charge >= 0.3 is 12.1 Å². The van der Waals surface area contributed by atoms with E-state index in [2.05, 4.69) is 0 Å². The molecule has 0 aromatic heterocycles. The third-order valence-corrected chi connectivity index (χ3v) is 6.98. The molecule has 1 aliphatic rings. The van der Waals surface area contributed by atoms with E-state index in [1.165, 1.54) is 12.1 Å². The van der Waals surface area contributed by atoms with Gasteiger partial charge < -0.3 is 9.84 Å². The molecule has 0 spiro atoms. The molecule has 1 N–H and O–H groups in total. The van der Waals surface area contributed by atoms with Crippen molar-refractivity contribution in [2.24, 2.45) is 5.92 Å². The summed E-state index contributed by atoms with van der Waals surface area (Å²) in [6.07, 6.45) is -3.96. The summed E-state index contributed by atoms with van der Waals surface area (Å²) in [5.74, 6) is -1.86. The molecule has 0 atom stereocenters. The van der Waals surface area contributed by atoms with E-state index in [1.807, 2.05) is 0 Å². The van der Waals surface area contributed by atoms with Crippen molar-refractivity contribution >= 4 is 15.8 Å². The van der Waals surface area contributed by atoms with E-state index in [0.717, 1.165) is 24.3 Å². The molecule has 0 amide bonds. The molecule has 1 saturated carbocycles. The molecule has 162 valence electrons. The Bertz CT molecular complexity index is 1070. The minimum Gasteiger partial charge on any atom is -0.492 e. The van der Waals surface area contributed by atoms with Gasteiger partial charge in [-0.05, 0) is 42.5 Å². The minimum absolute atomic E-state index is 0.00833. The number of hydrogen-bond donors (Lipinski definition) is 1. The second kappa shape index (κ2) is 7.94. The lowest BCUT2D eigenvalue weighted by molar-refractivity contribution is -0.137. The van der Waals surface area contributed by atoms with Crippen LogP contribution in [-0.4, -0.2) is 31.4 Å². The number of rotatable bonds is 7. The highest BCUT2D eigenvalue weighted by Gasteiger charge is 2.42. The van der Waals surface area contributed by atoms with Crippen molar-refractivity contribution in [2.45, 2.75) is 43.0 Å². The summed E-state index contributed by atoms with van der Waals surface area (Å²) in [7, 11) is -3.95. The number of aromatic carboxylic acids is 1. The molecule has 0 radical (unpaired) electrons. The number of sulfone groups is 1. The fourth-order valence-corrected chi connectivity index (χ4v) is 4.99. The first kappa shape index (κ1) is 22.1. The Kier molecular flexibility index (Phi) is 5.86. The van der Waals surface area contributed by atoms with Gasteiger partial charge in [-0.3, -0.25) is 0 Å². The van der Waals surface area contributed by atoms with Crippen LogP contribution in [0.3, 0.4) is 0 Å². The molecule has 3 rings (SSSR count). The topological polar surface area (TPSA) is 80.7 Å². The van der Waals surface area contributed by atoms with E-state index < -0.39 is 43.9 Å². The third-order valence-electron chi connectivity index (χ3n) is 4.68. The van der Waals surface area contributed by atoms with E-state index in [4.69, 9.17) is 4.74 Å². The molecule has 0 heterocycles. The molecule has 2 aromatic rings. The Morgan fingerprint density at radius 2 is 1.80 bits per heavy atom. The van der Waals surface area contributed by atoms with Crippen LogP contribution in [0.1, 0.15) is 42.6 Å². The number of carboxylic acid groups (broad SMARTS) is 1. The molecule has 5 nitrogen and oxygen atoms in total. The maximum absolute atomic E-state index is 13.7. The van der Waals surface area contributed by atoms with Gasteiger partial charge in [0.1, 0.15) is 11.3 Å². The minimum atomic E-state index is -4.77. The highest BCUT2D eigenvalue weighted by molar-refractivity contribution is 7.92. The van der Waals surface area contributed by atoms with E-state index in [1.54, 1.807) is 13.8 Å². The lowest BCUT2D eigenvalue weighted by atomic mass is 9.96. The zero-order valence-electron chi connectivity index (χ0n) is 16.4. The maximum atomic E-state index is 13.7. The first-order chi connectivity index (χ1) is 13.9. The summed E-state index contributed by atoms with van der Waals surface area (Å²) in [6.45, 7) is 3.58. The predicted molar refractivity (Wildman–Crippen MR) is 104 cm³/mol. The van der Waals surface area contributed by atoms with Crippen LogP contribution in [0.25, 0.3) is 11.1 Å². The second-order valence-electron chi connectivity index (χ2n) is 7.61. The number of ether oxygens (including phenoxy) is 1. The van der Waals surface area contributed by atoms with Crippen LogP contribution in [0.4, 0.5) is 13.2 Å². The first-order valence-electron chi connectivity index (χ1n) is 9.38. The molecule has 0 saturated heterocycles. The Hall–Kier alpha value is -2.55. The van der Waals surface area contributed by atoms with Crippen LogP contribution < -0.4 is 4.74 Å². The van der Waals surface area contributed by atoms with Gasteiger partial charge in [0.05, 0.1) is 22.3 Å². The van der Waals surface area contributed by atoms with Gasteiger partial charge in [0.25, 0.3) is 0 Å². The highest BCUT2D eigenvalue weighted by Crippen LogP contribution is 2.47. The van der Waals surface area contributed by atoms with Crippen LogP contribution in [-0.2, 0) is 16.0 Å². The molecule has 1 fully saturated rings. The van der Waals surface area contributed by atoms with Crippen molar-refractivity contribution < 1.29 is 36.2 Å². The standard InChI is InChI=1S/C21H21F3O5S/c1-12(2)11-29-19-15(20(25)26)9-10-17(30(27,28)13-7-8-13)18(19)14-5-3-4-6-16(14)21(22,23)24/h3-6,9-10,12-13H,7-8,11H2,1-2H3,(H,25,26). The predicted octanol–water partition coefficient (Wildman–Crippen LogP) is 5.04. The van der Waals surface area contributed by atoms with Crippen molar-refractivity contribution in [2.75, 3.05) is 6.61 Å². The number of hydrogen-bond acceptors (Lipinski definition) is 4. The Morgan fingerprint density at radius 1 is 1.17 bits per heavy atom. The second-order valence-corrected chi connectivity index (χ2v) is 9.81. The number of carboxylic acids is 1. The number of alkyl halides is 3. The molecule has 1 aliphatic carbocycles. The zero-order chi connectivity index (χ0) is 22.3. The van der Waals surface area contributed by atoms with Gasteiger partial charge in [0.2, 0.25) is 0 Å². The van der Waals surface area contributed by atoms with Crippen LogP contribution in [0.15, 0.2) is 41.3 Å². The van der Waals surface area contributed by atoms with Crippen LogP contribution in [0.2, 0.25) is 0 Å². The molecule has 0 bridgehead atoms. The highest BCUT2D eigenvalue weighted by atomic mass is 32.2. The van der Waals surface area contributed by atoms with Gasteiger partial charge in [-0.15, -0.1) is 0 Å². The van der Waals surface area contributed by atoms with Crippen molar-refractivity contribution in [3.63, 3.8) is 0 Å². The normalized spacial score (nSPS) is 14.7. The molecular weight excluding hydrogens is 421 g/mol. The summed E-state index contributed by atoms with van der Waals surface area (Å²) in [6, 6.07) is 6.66. The van der Waals surface area contributed by atoms with Crippen molar-refractivity contribution in [3.05, 3.63) is 47.5 Å². The lowest BCUT2D eigenvalue weighted by Gasteiger charge is -2.21. The summed E-state index contributed by atoms with van der Waals surface area (Å²) in [5, 5.41) is 8.90. The monoisotopic (exact) mass is 442 g/mol. The Balaban J connectivity index is 2.41. The van der Waals surface area contributed by atoms with Gasteiger partial charge in [-0.1, -0.05) is 32.0 Å². The zero-order valence-corrected chi connectivity index (χ0v) is 17.2. The molecule has 0 unspecified atom stereocenters. The van der Waals surface area contributed by atoms with Gasteiger partial charge in [-0.2, -0.15) is 13.2 Å². The number of halogens is 3. The van der Waals surface area contributed by atoms with E-state index in [0.29, 0.717) is 12.8 Å². The van der Waals surface area contributed by atoms with Crippen LogP contribution >= 0.6 is 0 Å². The van der Waals surface area contributed by atoms with Gasteiger partial charge in [0.15, 0.2) is 9.84 Å². The SMILES string of the molecule is CC(C)COc1c(C(=O)O)ccc(S(=O)(=O)C2CC2)c1-c1ccccc1C(F)(F)F. The van der Waals surface area contributed by atoms with Crippen LogP contribution in [0, 0.1) is 5.92 Å². The van der Waals surface area contributed by atoms with Crippen LogP contribution in [0.5, 0.6) is 5.75 Å². The first-order valence-corrected chi connectivity index (χ1v) is 10.9. The van der Waals surface area contributed by atoms with Crippen molar-refractivity contribution in [1.29, 1.82) is 0 Å². The fourth-order valence-electron chi connectivity index (χ4n) is 3.13. The molecule has 0 aliphatic heterocycles. The average Bonchev–Trinajstić information content (AvgIpc) is 3.50. The van der Waals surface area contributed by atoms with E-state index >= 15 is 0 Å². The Labute approximate surface area is 172 Å². The van der Waals surface area contributed by atoms with E-state index in [-0.39, 0.29) is 28.7 Å². The smallest absolute Gasteiger partial charge is 0.417 e. The quantitative estimate of drug-likeness (QED) is 0.650. The summed E-state index contributed by atoms with van der Waals surface area (Å²) < 4.78 is 72.9. The number of benzene rings is 2. The maximum Gasteiger partial charge on any atom is 0.417 e. The fraction of sp³-hybridized carbons (Fsp3) is 0.381. The van der Waals surface area contributed by atoms with Crippen molar-refractivity contribution in [3.8, 4) is 16.9 Å². The summed E-state index contributed by atoms with van der Waals surface area (Å²) >= 11 is 0. The summed E-state index contributed by atoms with van der Waals surface area (Å²) in [4.78, 5) is 11.4. The third kappa shape index (κ3) is 4.30. The lowest BCUT2D eigenvalue weighted by Crippen LogP contribution is -2.16. The summed E-state index contributed by atoms with van der Waals surface area (Å²) in [5.41, 5.74) is -2.23. The van der Waals surface area contributed by atoms with Gasteiger partial charge in [0, 0.05) is 5.56 Å². The van der Waals surface area contributed by atoms with Gasteiger partial charge in [-0.25, -0.2) is 13.2 Å². The average molecular weight is 442 g/mol. The molecule has 2 aromatic carbocycles. The molecule has 30 heavy (non-hydrogen) atoms. The molecular formula is C21H21F3O5S. The van der Waals surface area contributed by atoms with E-state index in [9.17, 15) is 31.5 Å². The van der Waals surface area contributed by atoms with Crippen molar-refractivity contribution in [1.82, 2.24) is 0 Å². The molecule has 9 heteroatoms. The number of carbonyl (C=O) groups is 1.